The summed E-state index contributed by atoms with van der Waals surface area (Å²) in [5.41, 5.74) is 0. The Morgan fingerprint density at radius 1 is 0.667 bits per heavy atom. The van der Waals surface area contributed by atoms with Crippen molar-refractivity contribution in [1.82, 2.24) is 10.6 Å². The van der Waals surface area contributed by atoms with Crippen LogP contribution in [0.4, 0.5) is 0 Å². The first-order valence-electron chi connectivity index (χ1n) is 6.50. The zero-order chi connectivity index (χ0) is 13.6. The second-order valence-corrected chi connectivity index (χ2v) is 4.90. The van der Waals surface area contributed by atoms with E-state index in [4.69, 9.17) is 34.6 Å². The highest BCUT2D eigenvalue weighted by Gasteiger charge is 2.02. The van der Waals surface area contributed by atoms with Crippen molar-refractivity contribution in [2.75, 3.05) is 26.3 Å². The molecule has 4 nitrogen and oxygen atoms in total. The predicted octanol–water partition coefficient (Wildman–Crippen LogP) is 1.15. The van der Waals surface area contributed by atoms with E-state index in [-0.39, 0.29) is 13.2 Å². The maximum Gasteiger partial charge on any atom is 0.134 e. The molecule has 0 atom stereocenters. The second kappa shape index (κ2) is 13.1. The Morgan fingerprint density at radius 2 is 1.06 bits per heavy atom. The van der Waals surface area contributed by atoms with Gasteiger partial charge in [0, 0.05) is 26.3 Å². The molecule has 0 bridgehead atoms. The van der Waals surface area contributed by atoms with Crippen LogP contribution >= 0.6 is 24.4 Å². The predicted molar refractivity (Wildman–Crippen MR) is 83.1 cm³/mol. The molecule has 0 aromatic rings. The van der Waals surface area contributed by atoms with Crippen LogP contribution in [0, 0.1) is 0 Å². The maximum absolute atomic E-state index is 8.63. The Balaban J connectivity index is 3.43. The summed E-state index contributed by atoms with van der Waals surface area (Å²) in [6.45, 7) is 2.09. The van der Waals surface area contributed by atoms with E-state index < -0.39 is 0 Å². The van der Waals surface area contributed by atoms with Gasteiger partial charge in [-0.2, -0.15) is 0 Å². The molecule has 0 saturated carbocycles. The molecule has 106 valence electrons. The normalized spacial score (nSPS) is 10.1. The van der Waals surface area contributed by atoms with E-state index in [9.17, 15) is 0 Å². The summed E-state index contributed by atoms with van der Waals surface area (Å²) < 4.78 is 0. The highest BCUT2D eigenvalue weighted by atomic mass is 32.1. The highest BCUT2D eigenvalue weighted by molar-refractivity contribution is 7.89. The lowest BCUT2D eigenvalue weighted by Crippen LogP contribution is -2.38. The van der Waals surface area contributed by atoms with Crippen LogP contribution < -0.4 is 10.6 Å². The molecule has 0 spiro atoms. The van der Waals surface area contributed by atoms with Crippen LogP contribution in [0.3, 0.4) is 0 Å². The number of hydrogen-bond acceptors (Lipinski definition) is 4. The number of nitrogens with one attached hydrogen (secondary N) is 2. The number of unbranched alkanes of at least 4 members (excludes halogenated alkanes) is 4. The van der Waals surface area contributed by atoms with Crippen LogP contribution in [0.1, 0.15) is 38.5 Å². The van der Waals surface area contributed by atoms with Gasteiger partial charge in [0.25, 0.3) is 0 Å². The number of aliphatic hydroxyl groups is 2. The molecule has 0 heterocycles. The van der Waals surface area contributed by atoms with E-state index in [1.165, 1.54) is 0 Å². The fraction of sp³-hybridized carbons (Fsp3) is 0.833. The Hall–Kier alpha value is -0.300. The molecule has 0 aromatic heterocycles. The minimum absolute atomic E-state index is 0.248. The molecular formula is C12H24N2O2S2. The van der Waals surface area contributed by atoms with Crippen molar-refractivity contribution in [3.63, 3.8) is 0 Å². The first-order valence-corrected chi connectivity index (χ1v) is 7.31. The fourth-order valence-corrected chi connectivity index (χ4v) is 1.74. The van der Waals surface area contributed by atoms with E-state index in [1.54, 1.807) is 0 Å². The third-order valence-corrected chi connectivity index (χ3v) is 3.27. The van der Waals surface area contributed by atoms with Gasteiger partial charge >= 0.3 is 0 Å². The van der Waals surface area contributed by atoms with E-state index >= 15 is 0 Å². The minimum Gasteiger partial charge on any atom is -0.396 e. The molecular weight excluding hydrogens is 268 g/mol. The van der Waals surface area contributed by atoms with Crippen molar-refractivity contribution in [2.24, 2.45) is 0 Å². The van der Waals surface area contributed by atoms with Crippen molar-refractivity contribution in [3.05, 3.63) is 0 Å². The Kier molecular flexibility index (Phi) is 12.9. The lowest BCUT2D eigenvalue weighted by Gasteiger charge is -2.11. The molecule has 0 aromatic carbocycles. The molecule has 0 unspecified atom stereocenters. The summed E-state index contributed by atoms with van der Waals surface area (Å²) >= 11 is 10.3. The first-order chi connectivity index (χ1) is 8.72. The maximum atomic E-state index is 8.63. The molecule has 0 saturated heterocycles. The van der Waals surface area contributed by atoms with Gasteiger partial charge < -0.3 is 20.8 Å². The van der Waals surface area contributed by atoms with E-state index in [0.717, 1.165) is 51.6 Å². The highest BCUT2D eigenvalue weighted by Crippen LogP contribution is 1.94. The lowest BCUT2D eigenvalue weighted by molar-refractivity contribution is 0.283. The van der Waals surface area contributed by atoms with Gasteiger partial charge in [0.05, 0.1) is 0 Å². The van der Waals surface area contributed by atoms with Gasteiger partial charge in [-0.3, -0.25) is 0 Å². The summed E-state index contributed by atoms with van der Waals surface area (Å²) in [5, 5.41) is 23.5. The number of aliphatic hydroxyl groups excluding tert-OH is 2. The lowest BCUT2D eigenvalue weighted by atomic mass is 10.2. The van der Waals surface area contributed by atoms with Gasteiger partial charge in [0.2, 0.25) is 0 Å². The smallest absolute Gasteiger partial charge is 0.134 e. The average molecular weight is 292 g/mol. The van der Waals surface area contributed by atoms with Gasteiger partial charge in [-0.05, 0) is 38.5 Å². The van der Waals surface area contributed by atoms with Crippen LogP contribution in [0.25, 0.3) is 0 Å². The summed E-state index contributed by atoms with van der Waals surface area (Å²) in [6, 6.07) is 0. The Labute approximate surface area is 120 Å². The van der Waals surface area contributed by atoms with Crippen molar-refractivity contribution in [3.8, 4) is 0 Å². The quantitative estimate of drug-likeness (QED) is 0.358. The van der Waals surface area contributed by atoms with Crippen molar-refractivity contribution >= 4 is 34.4 Å². The van der Waals surface area contributed by atoms with Crippen molar-refractivity contribution in [2.45, 2.75) is 38.5 Å². The third-order valence-electron chi connectivity index (χ3n) is 2.45. The number of thiocarbonyl (C=S) groups is 2. The largest absolute Gasteiger partial charge is 0.396 e. The van der Waals surface area contributed by atoms with E-state index in [2.05, 4.69) is 10.6 Å². The monoisotopic (exact) mass is 292 g/mol. The standard InChI is InChI=1S/C12H24N2O2S2/c15-9-5-1-3-7-13-11(17)12(18)14-8-4-2-6-10-16/h15-16H,1-10H2,(H,13,17)(H,14,18). The van der Waals surface area contributed by atoms with Crippen LogP contribution in [0.5, 0.6) is 0 Å². The first kappa shape index (κ1) is 17.7. The third kappa shape index (κ3) is 10.8. The molecule has 0 aliphatic carbocycles. The molecule has 6 heteroatoms. The summed E-state index contributed by atoms with van der Waals surface area (Å²) in [7, 11) is 0. The van der Waals surface area contributed by atoms with Crippen LogP contribution in [0.2, 0.25) is 0 Å². The van der Waals surface area contributed by atoms with Gasteiger partial charge in [-0.25, -0.2) is 0 Å². The second-order valence-electron chi connectivity index (χ2n) is 4.08. The van der Waals surface area contributed by atoms with Crippen LogP contribution in [-0.2, 0) is 0 Å². The zero-order valence-corrected chi connectivity index (χ0v) is 12.4. The van der Waals surface area contributed by atoms with Crippen molar-refractivity contribution in [1.29, 1.82) is 0 Å². The SMILES string of the molecule is OCCCCCNC(=S)C(=S)NCCCCCO. The summed E-state index contributed by atoms with van der Waals surface area (Å²) in [5.74, 6) is 0. The molecule has 0 aliphatic rings. The number of hydrogen-bond donors (Lipinski definition) is 4. The topological polar surface area (TPSA) is 64.5 Å². The molecule has 0 aliphatic heterocycles. The van der Waals surface area contributed by atoms with Gasteiger partial charge in [-0.1, -0.05) is 24.4 Å². The fourth-order valence-electron chi connectivity index (χ4n) is 1.39. The average Bonchev–Trinajstić information content (AvgIpc) is 2.37. The Morgan fingerprint density at radius 3 is 1.39 bits per heavy atom. The molecule has 4 N–H and O–H groups in total. The molecule has 18 heavy (non-hydrogen) atoms. The molecule has 0 fully saturated rings. The molecule has 0 rings (SSSR count). The van der Waals surface area contributed by atoms with Gasteiger partial charge in [0.15, 0.2) is 0 Å². The van der Waals surface area contributed by atoms with Gasteiger partial charge in [0.1, 0.15) is 9.98 Å². The van der Waals surface area contributed by atoms with Crippen molar-refractivity contribution < 1.29 is 10.2 Å². The Bertz CT molecular complexity index is 214. The zero-order valence-electron chi connectivity index (χ0n) is 10.8. The van der Waals surface area contributed by atoms with Crippen LogP contribution in [0.15, 0.2) is 0 Å². The summed E-state index contributed by atoms with van der Waals surface area (Å²) in [4.78, 5) is 1.19. The minimum atomic E-state index is 0.248. The van der Waals surface area contributed by atoms with Crippen LogP contribution in [-0.4, -0.2) is 46.5 Å². The van der Waals surface area contributed by atoms with Gasteiger partial charge in [-0.15, -0.1) is 0 Å². The van der Waals surface area contributed by atoms with E-state index in [1.807, 2.05) is 0 Å². The summed E-state index contributed by atoms with van der Waals surface area (Å²) in [6.07, 6.45) is 5.63. The molecule has 0 radical (unpaired) electrons. The molecule has 0 amide bonds. The number of rotatable bonds is 10. The van der Waals surface area contributed by atoms with E-state index in [0.29, 0.717) is 9.98 Å².